The highest BCUT2D eigenvalue weighted by Crippen LogP contribution is 2.30. The van der Waals surface area contributed by atoms with Crippen molar-refractivity contribution < 1.29 is 4.79 Å². The number of hydrogen-bond acceptors (Lipinski definition) is 6. The number of thioether (sulfide) groups is 1. The largest absolute Gasteiger partial charge is 0.337 e. The van der Waals surface area contributed by atoms with E-state index < -0.39 is 5.54 Å². The summed E-state index contributed by atoms with van der Waals surface area (Å²) in [5.74, 6) is 0.316. The van der Waals surface area contributed by atoms with Gasteiger partial charge >= 0.3 is 0 Å². The van der Waals surface area contributed by atoms with E-state index in [2.05, 4.69) is 35.2 Å². The number of aromatic amines is 1. The zero-order valence-corrected chi connectivity index (χ0v) is 18.9. The van der Waals surface area contributed by atoms with Crippen LogP contribution in [0.25, 0.3) is 10.2 Å². The van der Waals surface area contributed by atoms with Crippen molar-refractivity contribution in [2.45, 2.75) is 65.1 Å². The number of aryl methyl sites for hydroxylation is 1. The predicted molar refractivity (Wildman–Crippen MR) is 116 cm³/mol. The van der Waals surface area contributed by atoms with Crippen LogP contribution < -0.4 is 10.9 Å². The minimum atomic E-state index is -0.918. The minimum absolute atomic E-state index is 0.0150. The molecular formula is C20H28N4O2S2. The van der Waals surface area contributed by atoms with Gasteiger partial charge in [-0.15, -0.1) is 11.3 Å². The quantitative estimate of drug-likeness (QED) is 0.496. The van der Waals surface area contributed by atoms with E-state index in [-0.39, 0.29) is 23.1 Å². The van der Waals surface area contributed by atoms with Gasteiger partial charge in [-0.05, 0) is 37.7 Å². The van der Waals surface area contributed by atoms with Crippen LogP contribution in [-0.2, 0) is 11.2 Å². The number of fused-ring (bicyclic) bond motifs is 1. The summed E-state index contributed by atoms with van der Waals surface area (Å²) in [6.45, 7) is 11.8. The maximum atomic E-state index is 12.7. The number of carbonyl (C=O) groups excluding carboxylic acids is 1. The Labute approximate surface area is 174 Å². The summed E-state index contributed by atoms with van der Waals surface area (Å²) >= 11 is 2.70. The number of thiophene rings is 1. The number of carbonyl (C=O) groups is 1. The van der Waals surface area contributed by atoms with Gasteiger partial charge in [-0.3, -0.25) is 9.59 Å². The van der Waals surface area contributed by atoms with Gasteiger partial charge in [0.15, 0.2) is 5.16 Å². The molecule has 0 saturated heterocycles. The fourth-order valence-electron chi connectivity index (χ4n) is 2.72. The summed E-state index contributed by atoms with van der Waals surface area (Å²) in [5, 5.41) is 13.2. The first-order chi connectivity index (χ1) is 13.1. The van der Waals surface area contributed by atoms with Gasteiger partial charge in [0.2, 0.25) is 5.91 Å². The Bertz CT molecular complexity index is 957. The molecule has 0 fully saturated rings. The van der Waals surface area contributed by atoms with Crippen LogP contribution in [0.5, 0.6) is 0 Å². The van der Waals surface area contributed by atoms with E-state index in [1.165, 1.54) is 23.1 Å². The summed E-state index contributed by atoms with van der Waals surface area (Å²) in [6, 6.07) is 2.16. The molecule has 0 unspecified atom stereocenters. The molecule has 2 aromatic heterocycles. The van der Waals surface area contributed by atoms with Crippen LogP contribution in [0, 0.1) is 30.1 Å². The highest BCUT2D eigenvalue weighted by molar-refractivity contribution is 7.99. The number of amides is 1. The first-order valence-electron chi connectivity index (χ1n) is 9.48. The van der Waals surface area contributed by atoms with Gasteiger partial charge in [0.05, 0.1) is 17.2 Å². The fourth-order valence-corrected chi connectivity index (χ4v) is 4.50. The summed E-state index contributed by atoms with van der Waals surface area (Å²) in [4.78, 5) is 34.1. The third kappa shape index (κ3) is 4.95. The molecule has 0 aliphatic carbocycles. The number of nitrogens with one attached hydrogen (secondary N) is 2. The number of rotatable bonds is 8. The van der Waals surface area contributed by atoms with Crippen LogP contribution in [0.1, 0.15) is 51.5 Å². The fraction of sp³-hybridized carbons (Fsp3) is 0.600. The second-order valence-electron chi connectivity index (χ2n) is 7.71. The Morgan fingerprint density at radius 3 is 2.68 bits per heavy atom. The van der Waals surface area contributed by atoms with Crippen molar-refractivity contribution in [2.24, 2.45) is 11.8 Å². The van der Waals surface area contributed by atoms with E-state index in [4.69, 9.17) is 0 Å². The number of hydrogen-bond donors (Lipinski definition) is 2. The second-order valence-corrected chi connectivity index (χ2v) is 9.88. The van der Waals surface area contributed by atoms with Gasteiger partial charge in [0.25, 0.3) is 5.56 Å². The van der Waals surface area contributed by atoms with E-state index in [1.54, 1.807) is 6.92 Å². The molecule has 0 spiro atoms. The predicted octanol–water partition coefficient (Wildman–Crippen LogP) is 4.03. The average molecular weight is 421 g/mol. The van der Waals surface area contributed by atoms with Crippen molar-refractivity contribution in [3.05, 3.63) is 20.8 Å². The van der Waals surface area contributed by atoms with Crippen molar-refractivity contribution in [1.82, 2.24) is 15.3 Å². The molecule has 8 heteroatoms. The number of nitriles is 1. The zero-order chi connectivity index (χ0) is 21.1. The second kappa shape index (κ2) is 9.10. The van der Waals surface area contributed by atoms with E-state index in [9.17, 15) is 14.9 Å². The van der Waals surface area contributed by atoms with Crippen LogP contribution in [0.4, 0.5) is 0 Å². The lowest BCUT2D eigenvalue weighted by molar-refractivity contribution is -0.120. The van der Waals surface area contributed by atoms with Gasteiger partial charge in [-0.1, -0.05) is 45.9 Å². The molecule has 0 bridgehead atoms. The van der Waals surface area contributed by atoms with Crippen molar-refractivity contribution in [1.29, 1.82) is 5.26 Å². The molecule has 2 rings (SSSR count). The number of H-pyrrole nitrogens is 1. The average Bonchev–Trinajstić information content (AvgIpc) is 2.95. The first kappa shape index (κ1) is 22.4. The lowest BCUT2D eigenvalue weighted by atomic mass is 9.90. The Kier molecular flexibility index (Phi) is 7.29. The molecule has 2 aromatic rings. The SMILES string of the molecule is CC[C@@H](C)Cc1c(C)sc2nc(SCC(=O)N[C@](C)(C#N)C(C)C)[nH]c(=O)c12. The summed E-state index contributed by atoms with van der Waals surface area (Å²) in [6.07, 6.45) is 1.92. The molecule has 0 aliphatic heterocycles. The van der Waals surface area contributed by atoms with Gasteiger partial charge in [0, 0.05) is 4.88 Å². The lowest BCUT2D eigenvalue weighted by Gasteiger charge is -2.27. The topological polar surface area (TPSA) is 98.6 Å². The van der Waals surface area contributed by atoms with E-state index in [0.717, 1.165) is 23.3 Å². The monoisotopic (exact) mass is 420 g/mol. The highest BCUT2D eigenvalue weighted by Gasteiger charge is 2.30. The summed E-state index contributed by atoms with van der Waals surface area (Å²) in [7, 11) is 0. The van der Waals surface area contributed by atoms with Crippen molar-refractivity contribution in [2.75, 3.05) is 5.75 Å². The van der Waals surface area contributed by atoms with E-state index in [1.807, 2.05) is 20.8 Å². The van der Waals surface area contributed by atoms with Crippen molar-refractivity contribution in [3.63, 3.8) is 0 Å². The Hall–Kier alpha value is -1.85. The molecule has 2 N–H and O–H groups in total. The summed E-state index contributed by atoms with van der Waals surface area (Å²) < 4.78 is 0. The van der Waals surface area contributed by atoms with Gasteiger partial charge < -0.3 is 10.3 Å². The lowest BCUT2D eigenvalue weighted by Crippen LogP contribution is -2.49. The molecule has 0 radical (unpaired) electrons. The van der Waals surface area contributed by atoms with E-state index in [0.29, 0.717) is 21.3 Å². The molecule has 2 heterocycles. The molecule has 0 aromatic carbocycles. The van der Waals surface area contributed by atoms with Crippen LogP contribution in [-0.4, -0.2) is 27.2 Å². The minimum Gasteiger partial charge on any atom is -0.337 e. The Morgan fingerprint density at radius 1 is 1.43 bits per heavy atom. The Balaban J connectivity index is 2.18. The van der Waals surface area contributed by atoms with Gasteiger partial charge in [-0.2, -0.15) is 5.26 Å². The molecule has 1 amide bonds. The zero-order valence-electron chi connectivity index (χ0n) is 17.3. The van der Waals surface area contributed by atoms with Crippen molar-refractivity contribution in [3.8, 4) is 6.07 Å². The van der Waals surface area contributed by atoms with E-state index >= 15 is 0 Å². The highest BCUT2D eigenvalue weighted by atomic mass is 32.2. The van der Waals surface area contributed by atoms with Crippen LogP contribution in [0.2, 0.25) is 0 Å². The maximum absolute atomic E-state index is 12.7. The smallest absolute Gasteiger partial charge is 0.260 e. The van der Waals surface area contributed by atoms with Crippen molar-refractivity contribution >= 4 is 39.2 Å². The van der Waals surface area contributed by atoms with Crippen LogP contribution >= 0.6 is 23.1 Å². The molecule has 28 heavy (non-hydrogen) atoms. The molecule has 0 aliphatic rings. The normalized spacial score (nSPS) is 14.6. The molecule has 6 nitrogen and oxygen atoms in total. The van der Waals surface area contributed by atoms with Crippen LogP contribution in [0.15, 0.2) is 9.95 Å². The summed E-state index contributed by atoms with van der Waals surface area (Å²) in [5.41, 5.74) is 0.0109. The van der Waals surface area contributed by atoms with Gasteiger partial charge in [0.1, 0.15) is 10.4 Å². The molecular weight excluding hydrogens is 392 g/mol. The number of aromatic nitrogens is 2. The van der Waals surface area contributed by atoms with Crippen LogP contribution in [0.3, 0.4) is 0 Å². The molecule has 2 atom stereocenters. The molecule has 152 valence electrons. The third-order valence-corrected chi connectivity index (χ3v) is 7.13. The maximum Gasteiger partial charge on any atom is 0.260 e. The standard InChI is InChI=1S/C20H28N4O2S2/c1-7-12(4)8-14-13(5)28-18-16(14)17(26)22-19(23-18)27-9-15(25)24-20(6,10-21)11(2)3/h11-12H,7-9H2,1-6H3,(H,24,25)(H,22,23,26)/t12-,20-/m1/s1. The number of nitrogens with zero attached hydrogens (tertiary/aromatic N) is 2. The first-order valence-corrected chi connectivity index (χ1v) is 11.3. The van der Waals surface area contributed by atoms with Gasteiger partial charge in [-0.25, -0.2) is 4.98 Å². The molecule has 0 saturated carbocycles. The third-order valence-electron chi connectivity index (χ3n) is 5.22. The Morgan fingerprint density at radius 2 is 2.11 bits per heavy atom.